The number of hydrogen-bond acceptors (Lipinski definition) is 4. The zero-order valence-electron chi connectivity index (χ0n) is 17.7. The fourth-order valence-electron chi connectivity index (χ4n) is 3.51. The molecular formula is C23H22F3N3O2S. The van der Waals surface area contributed by atoms with E-state index in [1.54, 1.807) is 48.5 Å². The van der Waals surface area contributed by atoms with Gasteiger partial charge in [0, 0.05) is 5.56 Å². The van der Waals surface area contributed by atoms with Crippen LogP contribution in [-0.4, -0.2) is 13.4 Å². The van der Waals surface area contributed by atoms with Gasteiger partial charge in [-0.05, 0) is 41.3 Å². The van der Waals surface area contributed by atoms with Crippen LogP contribution in [0.1, 0.15) is 37.6 Å². The summed E-state index contributed by atoms with van der Waals surface area (Å²) in [6.45, 7) is 5.94. The van der Waals surface area contributed by atoms with Crippen LogP contribution in [0.2, 0.25) is 0 Å². The minimum atomic E-state index is -4.61. The van der Waals surface area contributed by atoms with Gasteiger partial charge < -0.3 is 5.32 Å². The van der Waals surface area contributed by atoms with Gasteiger partial charge in [0.05, 0.1) is 22.8 Å². The lowest BCUT2D eigenvalue weighted by Crippen LogP contribution is -2.30. The Balaban J connectivity index is 1.82. The number of pyridine rings is 1. The number of para-hydroxylation sites is 2. The van der Waals surface area contributed by atoms with Gasteiger partial charge in [-0.3, -0.25) is 4.31 Å². The van der Waals surface area contributed by atoms with Crippen LogP contribution in [0.5, 0.6) is 0 Å². The molecule has 0 radical (unpaired) electrons. The molecule has 2 heterocycles. The molecule has 2 aromatic carbocycles. The maximum Gasteiger partial charge on any atom is 0.433 e. The van der Waals surface area contributed by atoms with E-state index in [-0.39, 0.29) is 22.7 Å². The van der Waals surface area contributed by atoms with E-state index in [1.807, 2.05) is 20.8 Å². The molecule has 0 saturated heterocycles. The second-order valence-corrected chi connectivity index (χ2v) is 10.5. The Kier molecular flexibility index (Phi) is 5.20. The van der Waals surface area contributed by atoms with Gasteiger partial charge in [0.15, 0.2) is 0 Å². The lowest BCUT2D eigenvalue weighted by molar-refractivity contribution is -0.141. The number of alkyl halides is 3. The van der Waals surface area contributed by atoms with E-state index in [4.69, 9.17) is 0 Å². The van der Waals surface area contributed by atoms with Crippen molar-refractivity contribution in [3.63, 3.8) is 0 Å². The summed E-state index contributed by atoms with van der Waals surface area (Å²) >= 11 is 0. The van der Waals surface area contributed by atoms with Crippen molar-refractivity contribution >= 4 is 27.2 Å². The molecule has 32 heavy (non-hydrogen) atoms. The second kappa shape index (κ2) is 7.51. The molecule has 168 valence electrons. The maximum atomic E-state index is 13.6. The number of aromatic nitrogens is 1. The summed E-state index contributed by atoms with van der Waals surface area (Å²) in [5, 5.41) is 2.88. The quantitative estimate of drug-likeness (QED) is 0.520. The van der Waals surface area contributed by atoms with Crippen molar-refractivity contribution in [3.8, 4) is 0 Å². The number of fused-ring (bicyclic) bond motifs is 2. The average molecular weight is 462 g/mol. The van der Waals surface area contributed by atoms with Crippen LogP contribution < -0.4 is 9.62 Å². The number of nitrogens with zero attached hydrogens (tertiary/aromatic N) is 2. The van der Waals surface area contributed by atoms with Crippen molar-refractivity contribution in [1.29, 1.82) is 0 Å². The summed E-state index contributed by atoms with van der Waals surface area (Å²) in [5.41, 5.74) is 0.831. The highest BCUT2D eigenvalue weighted by Gasteiger charge is 2.35. The summed E-state index contributed by atoms with van der Waals surface area (Å²) in [6, 6.07) is 15.4. The van der Waals surface area contributed by atoms with Gasteiger partial charge in [0.1, 0.15) is 11.5 Å². The first kappa shape index (κ1) is 22.1. The summed E-state index contributed by atoms with van der Waals surface area (Å²) < 4.78 is 67.9. The molecule has 0 spiro atoms. The SMILES string of the molecule is CC(C)(C)c1ccc(S(=O)(=O)N2Cc3ccc(C(F)(F)F)nc3Nc3ccccc32)cc1. The molecule has 9 heteroatoms. The molecule has 0 unspecified atom stereocenters. The lowest BCUT2D eigenvalue weighted by atomic mass is 9.87. The van der Waals surface area contributed by atoms with Gasteiger partial charge in [0.2, 0.25) is 0 Å². The zero-order valence-corrected chi connectivity index (χ0v) is 18.6. The van der Waals surface area contributed by atoms with Gasteiger partial charge >= 0.3 is 6.18 Å². The number of rotatable bonds is 2. The van der Waals surface area contributed by atoms with Gasteiger partial charge in [-0.1, -0.05) is 51.1 Å². The fraction of sp³-hybridized carbons (Fsp3) is 0.261. The van der Waals surface area contributed by atoms with Crippen LogP contribution in [0.15, 0.2) is 65.6 Å². The third-order valence-electron chi connectivity index (χ3n) is 5.32. The van der Waals surface area contributed by atoms with Crippen LogP contribution in [0.4, 0.5) is 30.4 Å². The Hall–Kier alpha value is -3.07. The van der Waals surface area contributed by atoms with Crippen molar-refractivity contribution in [1.82, 2.24) is 4.98 Å². The van der Waals surface area contributed by atoms with Crippen molar-refractivity contribution < 1.29 is 21.6 Å². The first-order valence-corrected chi connectivity index (χ1v) is 11.4. The maximum absolute atomic E-state index is 13.6. The van der Waals surface area contributed by atoms with E-state index >= 15 is 0 Å². The molecule has 5 nitrogen and oxygen atoms in total. The first-order chi connectivity index (χ1) is 14.9. The van der Waals surface area contributed by atoms with E-state index in [1.165, 1.54) is 10.4 Å². The van der Waals surface area contributed by atoms with Crippen LogP contribution in [0.3, 0.4) is 0 Å². The molecule has 1 N–H and O–H groups in total. The standard InChI is InChI=1S/C23H22F3N3O2S/c1-22(2,3)16-9-11-17(12-10-16)32(30,31)29-14-15-8-13-20(23(24,25)26)28-21(15)27-18-6-4-5-7-19(18)29/h4-13H,14H2,1-3H3,(H,27,28). The smallest absolute Gasteiger partial charge is 0.338 e. The van der Waals surface area contributed by atoms with Crippen LogP contribution in [0, 0.1) is 0 Å². The highest BCUT2D eigenvalue weighted by atomic mass is 32.2. The molecule has 3 aromatic rings. The topological polar surface area (TPSA) is 62.3 Å². The van der Waals surface area contributed by atoms with E-state index in [0.717, 1.165) is 11.6 Å². The number of benzene rings is 2. The number of hydrogen-bond donors (Lipinski definition) is 1. The molecule has 1 aliphatic rings. The first-order valence-electron chi connectivity index (χ1n) is 9.94. The zero-order chi connectivity index (χ0) is 23.3. The Morgan fingerprint density at radius 3 is 2.22 bits per heavy atom. The highest BCUT2D eigenvalue weighted by molar-refractivity contribution is 7.92. The Morgan fingerprint density at radius 2 is 1.59 bits per heavy atom. The lowest BCUT2D eigenvalue weighted by Gasteiger charge is -2.25. The van der Waals surface area contributed by atoms with E-state index in [2.05, 4.69) is 10.3 Å². The molecule has 0 aliphatic carbocycles. The summed E-state index contributed by atoms with van der Waals surface area (Å²) in [4.78, 5) is 3.81. The molecule has 0 fully saturated rings. The Morgan fingerprint density at radius 1 is 0.938 bits per heavy atom. The molecule has 1 aliphatic heterocycles. The Bertz CT molecular complexity index is 1260. The molecule has 4 rings (SSSR count). The molecule has 0 atom stereocenters. The van der Waals surface area contributed by atoms with E-state index < -0.39 is 21.9 Å². The largest absolute Gasteiger partial charge is 0.433 e. The predicted molar refractivity (Wildman–Crippen MR) is 117 cm³/mol. The molecule has 0 bridgehead atoms. The third kappa shape index (κ3) is 4.04. The van der Waals surface area contributed by atoms with E-state index in [0.29, 0.717) is 16.9 Å². The number of anilines is 3. The minimum absolute atomic E-state index is 0.0203. The van der Waals surface area contributed by atoms with Crippen LogP contribution >= 0.6 is 0 Å². The van der Waals surface area contributed by atoms with E-state index in [9.17, 15) is 21.6 Å². The van der Waals surface area contributed by atoms with Crippen molar-refractivity contribution in [3.05, 3.63) is 77.5 Å². The third-order valence-corrected chi connectivity index (χ3v) is 7.09. The fourth-order valence-corrected chi connectivity index (χ4v) is 4.98. The normalized spacial score (nSPS) is 14.2. The second-order valence-electron chi connectivity index (χ2n) is 8.63. The van der Waals surface area contributed by atoms with Gasteiger partial charge in [0.25, 0.3) is 10.0 Å². The number of nitrogens with one attached hydrogen (secondary N) is 1. The number of sulfonamides is 1. The predicted octanol–water partition coefficient (Wildman–Crippen LogP) is 5.85. The van der Waals surface area contributed by atoms with Gasteiger partial charge in [-0.25, -0.2) is 13.4 Å². The monoisotopic (exact) mass is 461 g/mol. The Labute approximate surface area is 185 Å². The summed E-state index contributed by atoms with van der Waals surface area (Å²) in [5.74, 6) is -0.0203. The van der Waals surface area contributed by atoms with Crippen LogP contribution in [-0.2, 0) is 28.2 Å². The summed E-state index contributed by atoms with van der Waals surface area (Å²) in [6.07, 6.45) is -4.61. The highest BCUT2D eigenvalue weighted by Crippen LogP contribution is 2.39. The van der Waals surface area contributed by atoms with Gasteiger partial charge in [-0.15, -0.1) is 0 Å². The molecule has 0 amide bonds. The van der Waals surface area contributed by atoms with Crippen molar-refractivity contribution in [2.75, 3.05) is 9.62 Å². The average Bonchev–Trinajstić information content (AvgIpc) is 2.89. The van der Waals surface area contributed by atoms with Gasteiger partial charge in [-0.2, -0.15) is 13.2 Å². The number of halogens is 3. The van der Waals surface area contributed by atoms with Crippen LogP contribution in [0.25, 0.3) is 0 Å². The minimum Gasteiger partial charge on any atom is -0.338 e. The molecule has 1 aromatic heterocycles. The van der Waals surface area contributed by atoms with Crippen molar-refractivity contribution in [2.45, 2.75) is 43.8 Å². The van der Waals surface area contributed by atoms with Crippen molar-refractivity contribution in [2.24, 2.45) is 0 Å². The summed E-state index contributed by atoms with van der Waals surface area (Å²) in [7, 11) is -4.00. The molecular weight excluding hydrogens is 439 g/mol. The molecule has 0 saturated carbocycles.